The number of amides is 2. The molecule has 0 aliphatic carbocycles. The van der Waals surface area contributed by atoms with Crippen LogP contribution in [0.1, 0.15) is 5.69 Å². The molecule has 7 N–H and O–H groups in total. The van der Waals surface area contributed by atoms with Gasteiger partial charge in [0.2, 0.25) is 5.89 Å². The summed E-state index contributed by atoms with van der Waals surface area (Å²) < 4.78 is 7.40. The van der Waals surface area contributed by atoms with Crippen LogP contribution in [0.4, 0.5) is 5.13 Å². The summed E-state index contributed by atoms with van der Waals surface area (Å²) in [6, 6.07) is 6.82. The van der Waals surface area contributed by atoms with Crippen LogP contribution in [-0.4, -0.2) is 106 Å². The van der Waals surface area contributed by atoms with Crippen LogP contribution in [0, 0.1) is 0 Å². The van der Waals surface area contributed by atoms with E-state index in [1.807, 2.05) is 29.1 Å². The average molecular weight is 774 g/mol. The maximum atomic E-state index is 13.5. The molecule has 2 aliphatic rings. The fraction of sp³-hybridized carbons (Fsp3) is 0.267. The van der Waals surface area contributed by atoms with Gasteiger partial charge in [-0.2, -0.15) is 0 Å². The Morgan fingerprint density at radius 3 is 2.69 bits per heavy atom. The van der Waals surface area contributed by atoms with Crippen molar-refractivity contribution in [3.63, 3.8) is 0 Å². The van der Waals surface area contributed by atoms with Gasteiger partial charge in [-0.15, -0.1) is 45.1 Å². The molecule has 51 heavy (non-hydrogen) atoms. The number of benzene rings is 1. The van der Waals surface area contributed by atoms with Crippen molar-refractivity contribution in [3.05, 3.63) is 65.1 Å². The number of nitrogens with two attached hydrogens (primary N) is 1. The fourth-order valence-electron chi connectivity index (χ4n) is 4.90. The number of fused-ring (bicyclic) bond motifs is 1. The number of pyridine rings is 1. The van der Waals surface area contributed by atoms with Crippen LogP contribution < -0.4 is 15.6 Å². The standard InChI is InChI=1S/C30H28N8O9S4/c31-29-32-18(14-51-29)21(36-46-9-10-48-30-35-34-25(47-30)15-1-2-19(40)20(41)11-15)24(42)33-22-26(43)38-23(28(44)45)16(13-50-27(22)38)12-49-17-3-5-37(6-4-17)7-8-39/h1-6,11,14,22,27,39H,7-10,12-13H2,(H5-,31,32,33,34,36,40,41,42,44,45)/p+1/t22-,27-/m1/s1. The third kappa shape index (κ3) is 8.22. The molecule has 0 unspecified atom stereocenters. The second-order valence-corrected chi connectivity index (χ2v) is 14.8. The number of hydrogen-bond acceptors (Lipinski definition) is 17. The van der Waals surface area contributed by atoms with E-state index in [0.29, 0.717) is 29.2 Å². The number of nitrogens with zero attached hydrogens (tertiary/aromatic N) is 6. The van der Waals surface area contributed by atoms with Crippen LogP contribution in [0.5, 0.6) is 11.5 Å². The van der Waals surface area contributed by atoms with Crippen LogP contribution in [0.3, 0.4) is 0 Å². The first-order valence-corrected chi connectivity index (χ1v) is 18.9. The first-order valence-electron chi connectivity index (χ1n) is 15.0. The van der Waals surface area contributed by atoms with E-state index in [4.69, 9.17) is 20.1 Å². The van der Waals surface area contributed by atoms with E-state index in [1.165, 1.54) is 52.0 Å². The van der Waals surface area contributed by atoms with E-state index in [0.717, 1.165) is 28.0 Å². The molecule has 0 spiro atoms. The van der Waals surface area contributed by atoms with Gasteiger partial charge in [0.15, 0.2) is 41.3 Å². The lowest BCUT2D eigenvalue weighted by Gasteiger charge is -2.49. The number of carbonyl (C=O) groups is 3. The van der Waals surface area contributed by atoms with Gasteiger partial charge in [0, 0.05) is 45.2 Å². The molecular weight excluding hydrogens is 745 g/mol. The monoisotopic (exact) mass is 773 g/mol. The van der Waals surface area contributed by atoms with E-state index in [9.17, 15) is 29.7 Å². The van der Waals surface area contributed by atoms with E-state index in [1.54, 1.807) is 0 Å². The van der Waals surface area contributed by atoms with Crippen molar-refractivity contribution in [2.75, 3.05) is 36.2 Å². The van der Waals surface area contributed by atoms with Gasteiger partial charge in [-0.25, -0.2) is 14.3 Å². The molecular formula is C30H29N8O9S4+. The van der Waals surface area contributed by atoms with E-state index in [-0.39, 0.29) is 63.8 Å². The molecule has 2 aliphatic heterocycles. The predicted octanol–water partition coefficient (Wildman–Crippen LogP) is 1.51. The highest BCUT2D eigenvalue weighted by Crippen LogP contribution is 2.41. The summed E-state index contributed by atoms with van der Waals surface area (Å²) in [4.78, 5) is 50.7. The van der Waals surface area contributed by atoms with Gasteiger partial charge in [0.05, 0.1) is 0 Å². The van der Waals surface area contributed by atoms with Gasteiger partial charge >= 0.3 is 5.97 Å². The molecule has 0 saturated carbocycles. The second kappa shape index (κ2) is 16.0. The minimum absolute atomic E-state index is 0.00653. The van der Waals surface area contributed by atoms with Crippen molar-refractivity contribution in [1.82, 2.24) is 25.4 Å². The van der Waals surface area contributed by atoms with Gasteiger partial charge in [0.25, 0.3) is 17.0 Å². The summed E-state index contributed by atoms with van der Waals surface area (Å²) in [5.74, 6) is -2.06. The highest BCUT2D eigenvalue weighted by atomic mass is 32.2. The third-order valence-electron chi connectivity index (χ3n) is 7.33. The van der Waals surface area contributed by atoms with Crippen molar-refractivity contribution in [2.24, 2.45) is 5.16 Å². The van der Waals surface area contributed by atoms with Crippen LogP contribution in [0.2, 0.25) is 0 Å². The van der Waals surface area contributed by atoms with Crippen molar-refractivity contribution in [1.29, 1.82) is 0 Å². The number of thiazole rings is 1. The molecule has 3 aromatic heterocycles. The second-order valence-electron chi connectivity index (χ2n) is 10.7. The number of aliphatic hydroxyl groups is 1. The molecule has 21 heteroatoms. The first kappa shape index (κ1) is 36.0. The number of carboxylic acids is 1. The van der Waals surface area contributed by atoms with Crippen molar-refractivity contribution < 1.29 is 48.6 Å². The van der Waals surface area contributed by atoms with Crippen molar-refractivity contribution >= 4 is 75.2 Å². The first-order chi connectivity index (χ1) is 24.6. The van der Waals surface area contributed by atoms with Gasteiger partial charge in [-0.3, -0.25) is 14.5 Å². The minimum Gasteiger partial charge on any atom is -0.504 e. The molecule has 1 fully saturated rings. The average Bonchev–Trinajstić information content (AvgIpc) is 3.78. The maximum absolute atomic E-state index is 13.5. The zero-order valence-electron chi connectivity index (χ0n) is 26.2. The largest absolute Gasteiger partial charge is 0.504 e. The number of thioether (sulfide) groups is 3. The Kier molecular flexibility index (Phi) is 11.3. The molecule has 17 nitrogen and oxygen atoms in total. The number of aliphatic hydroxyl groups excluding tert-OH is 1. The summed E-state index contributed by atoms with van der Waals surface area (Å²) in [6.45, 7) is 0.484. The molecule has 0 radical (unpaired) electrons. The quantitative estimate of drug-likeness (QED) is 0.0191. The number of aromatic nitrogens is 4. The fourth-order valence-corrected chi connectivity index (χ4v) is 8.38. The number of phenolic OH excluding ortho intramolecular Hbond substituents is 2. The summed E-state index contributed by atoms with van der Waals surface area (Å²) in [7, 11) is 0. The topological polar surface area (TPSA) is 251 Å². The SMILES string of the molecule is Nc1nc(/C(=N/OCCSc2nnc(-c3ccc(O)c(O)c3)o2)C(=O)N[C@@H]2C(=O)N3C(C(=O)O)=C(CSc4cc[n+](CCO)cc4)CS[C@H]23)cs1. The Balaban J connectivity index is 1.06. The number of carboxylic acid groups (broad SMARTS) is 1. The molecule has 6 rings (SSSR count). The van der Waals surface area contributed by atoms with Gasteiger partial charge in [-0.1, -0.05) is 16.9 Å². The smallest absolute Gasteiger partial charge is 0.352 e. The van der Waals surface area contributed by atoms with Gasteiger partial charge < -0.3 is 40.7 Å². The summed E-state index contributed by atoms with van der Waals surface area (Å²) >= 11 is 5.02. The summed E-state index contributed by atoms with van der Waals surface area (Å²) in [5.41, 5.74) is 6.61. The molecule has 4 aromatic rings. The van der Waals surface area contributed by atoms with Crippen LogP contribution in [-0.2, 0) is 25.8 Å². The van der Waals surface area contributed by atoms with E-state index in [2.05, 4.69) is 25.7 Å². The molecule has 266 valence electrons. The lowest BCUT2D eigenvalue weighted by Crippen LogP contribution is -2.71. The number of nitrogens with one attached hydrogen (secondary N) is 1. The molecule has 1 aromatic carbocycles. The normalized spacial score (nSPS) is 17.2. The number of aliphatic carboxylic acids is 1. The molecule has 0 bridgehead atoms. The van der Waals surface area contributed by atoms with Crippen LogP contribution >= 0.6 is 46.6 Å². The Hall–Kier alpha value is -4.83. The Morgan fingerprint density at radius 2 is 1.98 bits per heavy atom. The number of nitrogen functional groups attached to an aromatic ring is 1. The highest BCUT2D eigenvalue weighted by Gasteiger charge is 2.54. The summed E-state index contributed by atoms with van der Waals surface area (Å²) in [6.07, 6.45) is 3.65. The zero-order valence-corrected chi connectivity index (χ0v) is 29.5. The van der Waals surface area contributed by atoms with Crippen LogP contribution in [0.25, 0.3) is 11.5 Å². The Bertz CT molecular complexity index is 2000. The number of aromatic hydroxyl groups is 2. The van der Waals surface area contributed by atoms with Crippen molar-refractivity contribution in [2.45, 2.75) is 28.1 Å². The maximum Gasteiger partial charge on any atom is 0.352 e. The van der Waals surface area contributed by atoms with Gasteiger partial charge in [0.1, 0.15) is 36.0 Å². The Morgan fingerprint density at radius 1 is 1.18 bits per heavy atom. The molecule has 2 amide bonds. The number of β-lactam (4-membered cyclic amide) rings is 1. The highest BCUT2D eigenvalue weighted by molar-refractivity contribution is 8.01. The number of hydrogen-bond donors (Lipinski definition) is 6. The number of carbonyl (C=O) groups excluding carboxylic acids is 2. The van der Waals surface area contributed by atoms with Crippen LogP contribution in [0.15, 0.2) is 79.1 Å². The minimum atomic E-state index is -1.23. The number of rotatable bonds is 15. The van der Waals surface area contributed by atoms with E-state index < -0.39 is 29.2 Å². The predicted molar refractivity (Wildman–Crippen MR) is 187 cm³/mol. The number of oxime groups is 1. The zero-order chi connectivity index (χ0) is 36.1. The molecule has 5 heterocycles. The number of anilines is 1. The van der Waals surface area contributed by atoms with Gasteiger partial charge in [-0.05, 0) is 23.8 Å². The Labute approximate surface area is 305 Å². The molecule has 1 saturated heterocycles. The lowest BCUT2D eigenvalue weighted by molar-refractivity contribution is -0.698. The lowest BCUT2D eigenvalue weighted by atomic mass is 10.0. The molecule has 2 atom stereocenters. The van der Waals surface area contributed by atoms with E-state index >= 15 is 0 Å². The van der Waals surface area contributed by atoms with Crippen molar-refractivity contribution in [3.8, 4) is 23.0 Å². The number of phenols is 2. The third-order valence-corrected chi connectivity index (χ3v) is 11.2. The summed E-state index contributed by atoms with van der Waals surface area (Å²) in [5, 5.41) is 54.2.